The molecular formula is C21H32O2. The number of aliphatic hydroxyl groups excluding tert-OH is 1. The van der Waals surface area contributed by atoms with Gasteiger partial charge in [0.05, 0.1) is 11.7 Å². The van der Waals surface area contributed by atoms with Crippen LogP contribution in [-0.4, -0.2) is 21.9 Å². The molecule has 0 heterocycles. The fourth-order valence-electron chi connectivity index (χ4n) is 5.33. The highest BCUT2D eigenvalue weighted by atomic mass is 16.3. The fraction of sp³-hybridized carbons (Fsp3) is 0.714. The summed E-state index contributed by atoms with van der Waals surface area (Å²) in [5.74, 6) is 0.850. The highest BCUT2D eigenvalue weighted by Gasteiger charge is 2.50. The van der Waals surface area contributed by atoms with Crippen molar-refractivity contribution in [2.45, 2.75) is 76.9 Å². The van der Waals surface area contributed by atoms with E-state index in [0.29, 0.717) is 5.92 Å². The predicted molar refractivity (Wildman–Crippen MR) is 95.0 cm³/mol. The molecule has 0 amide bonds. The number of aliphatic hydroxyl groups is 2. The summed E-state index contributed by atoms with van der Waals surface area (Å²) in [6.07, 6.45) is 13.8. The standard InChI is InChI=1S/C21H32O2/c1-4-11-20(3)15(2)5-8-19(20)21(23)12-9-16-6-7-18(22)14-17(16)10-13-21/h4-5,10,16,18-19,22-23H,1,6-9,11-14H2,2-3H3/t16?,18?,19?,20?,21-/m1/s1. The summed E-state index contributed by atoms with van der Waals surface area (Å²) in [7, 11) is 0. The third kappa shape index (κ3) is 2.96. The van der Waals surface area contributed by atoms with E-state index in [9.17, 15) is 10.2 Å². The van der Waals surface area contributed by atoms with E-state index in [0.717, 1.165) is 51.4 Å². The number of fused-ring (bicyclic) bond motifs is 1. The van der Waals surface area contributed by atoms with Crippen molar-refractivity contribution in [3.8, 4) is 0 Å². The number of allylic oxidation sites excluding steroid dienone is 3. The molecule has 0 aromatic carbocycles. The molecule has 23 heavy (non-hydrogen) atoms. The van der Waals surface area contributed by atoms with Crippen LogP contribution in [0.25, 0.3) is 0 Å². The van der Waals surface area contributed by atoms with Gasteiger partial charge in [-0.25, -0.2) is 0 Å². The minimum Gasteiger partial charge on any atom is -0.393 e. The molecular weight excluding hydrogens is 284 g/mol. The molecule has 0 radical (unpaired) electrons. The minimum atomic E-state index is -0.624. The highest BCUT2D eigenvalue weighted by molar-refractivity contribution is 5.26. The molecule has 0 bridgehead atoms. The third-order valence-corrected chi connectivity index (χ3v) is 7.03. The molecule has 1 fully saturated rings. The Balaban J connectivity index is 1.83. The summed E-state index contributed by atoms with van der Waals surface area (Å²) >= 11 is 0. The van der Waals surface area contributed by atoms with Gasteiger partial charge in [0.25, 0.3) is 0 Å². The SMILES string of the molecule is C=CCC1(C)C(C)=CCC1[C@]1(O)CC=C2CC(O)CCC2CC1. The second-order valence-corrected chi connectivity index (χ2v) is 8.34. The Kier molecular flexibility index (Phi) is 4.59. The summed E-state index contributed by atoms with van der Waals surface area (Å²) < 4.78 is 0. The molecule has 2 nitrogen and oxygen atoms in total. The molecule has 0 aromatic heterocycles. The molecule has 0 aromatic rings. The molecule has 3 rings (SSSR count). The second kappa shape index (κ2) is 6.22. The fourth-order valence-corrected chi connectivity index (χ4v) is 5.33. The smallest absolute Gasteiger partial charge is 0.0721 e. The molecule has 2 N–H and O–H groups in total. The summed E-state index contributed by atoms with van der Waals surface area (Å²) in [5.41, 5.74) is 2.21. The monoisotopic (exact) mass is 316 g/mol. The van der Waals surface area contributed by atoms with E-state index in [4.69, 9.17) is 0 Å². The van der Waals surface area contributed by atoms with Crippen molar-refractivity contribution in [1.29, 1.82) is 0 Å². The predicted octanol–water partition coefficient (Wildman–Crippen LogP) is 4.54. The van der Waals surface area contributed by atoms with Crippen molar-refractivity contribution in [3.63, 3.8) is 0 Å². The molecule has 0 saturated heterocycles. The maximum Gasteiger partial charge on any atom is 0.0721 e. The molecule has 3 aliphatic carbocycles. The maximum absolute atomic E-state index is 11.6. The van der Waals surface area contributed by atoms with Crippen LogP contribution in [0.5, 0.6) is 0 Å². The second-order valence-electron chi connectivity index (χ2n) is 8.34. The summed E-state index contributed by atoms with van der Waals surface area (Å²) in [6, 6.07) is 0. The van der Waals surface area contributed by atoms with Gasteiger partial charge in [-0.15, -0.1) is 6.58 Å². The maximum atomic E-state index is 11.6. The van der Waals surface area contributed by atoms with E-state index >= 15 is 0 Å². The van der Waals surface area contributed by atoms with Crippen LogP contribution in [0.2, 0.25) is 0 Å². The van der Waals surface area contributed by atoms with Crippen LogP contribution in [-0.2, 0) is 0 Å². The van der Waals surface area contributed by atoms with Crippen molar-refractivity contribution in [3.05, 3.63) is 36.0 Å². The van der Waals surface area contributed by atoms with Crippen LogP contribution in [0.4, 0.5) is 0 Å². The van der Waals surface area contributed by atoms with Gasteiger partial charge in [-0.2, -0.15) is 0 Å². The third-order valence-electron chi connectivity index (χ3n) is 7.03. The van der Waals surface area contributed by atoms with Crippen LogP contribution in [0.3, 0.4) is 0 Å². The van der Waals surface area contributed by atoms with Crippen molar-refractivity contribution >= 4 is 0 Å². The zero-order valence-corrected chi connectivity index (χ0v) is 14.7. The lowest BCUT2D eigenvalue weighted by atomic mass is 9.64. The van der Waals surface area contributed by atoms with Crippen LogP contribution in [0.15, 0.2) is 36.0 Å². The van der Waals surface area contributed by atoms with Gasteiger partial charge in [0, 0.05) is 5.92 Å². The van der Waals surface area contributed by atoms with Gasteiger partial charge in [-0.3, -0.25) is 0 Å². The number of hydrogen-bond acceptors (Lipinski definition) is 2. The van der Waals surface area contributed by atoms with E-state index in [1.54, 1.807) is 0 Å². The molecule has 1 saturated carbocycles. The van der Waals surface area contributed by atoms with Crippen LogP contribution in [0, 0.1) is 17.3 Å². The van der Waals surface area contributed by atoms with Crippen molar-refractivity contribution in [1.82, 2.24) is 0 Å². The lowest BCUT2D eigenvalue weighted by molar-refractivity contribution is -0.0597. The highest BCUT2D eigenvalue weighted by Crippen LogP contribution is 2.54. The first-order valence-corrected chi connectivity index (χ1v) is 9.26. The molecule has 5 atom stereocenters. The Morgan fingerprint density at radius 3 is 2.83 bits per heavy atom. The minimum absolute atomic E-state index is 0.0318. The quantitative estimate of drug-likeness (QED) is 0.751. The molecule has 3 aliphatic rings. The van der Waals surface area contributed by atoms with Crippen molar-refractivity contribution < 1.29 is 10.2 Å². The van der Waals surface area contributed by atoms with Crippen molar-refractivity contribution in [2.75, 3.05) is 0 Å². The topological polar surface area (TPSA) is 40.5 Å². The van der Waals surface area contributed by atoms with Crippen molar-refractivity contribution in [2.24, 2.45) is 17.3 Å². The Labute approximate surface area is 141 Å². The van der Waals surface area contributed by atoms with Gasteiger partial charge in [-0.05, 0) is 69.6 Å². The Morgan fingerprint density at radius 2 is 2.09 bits per heavy atom. The van der Waals surface area contributed by atoms with Gasteiger partial charge >= 0.3 is 0 Å². The number of rotatable bonds is 3. The van der Waals surface area contributed by atoms with Gasteiger partial charge in [0.1, 0.15) is 0 Å². The van der Waals surface area contributed by atoms with E-state index < -0.39 is 5.60 Å². The largest absolute Gasteiger partial charge is 0.393 e. The van der Waals surface area contributed by atoms with Gasteiger partial charge < -0.3 is 10.2 Å². The van der Waals surface area contributed by atoms with Crippen LogP contribution in [0.1, 0.15) is 65.2 Å². The van der Waals surface area contributed by atoms with Gasteiger partial charge in [0.2, 0.25) is 0 Å². The molecule has 128 valence electrons. The van der Waals surface area contributed by atoms with E-state index in [1.165, 1.54) is 11.1 Å². The molecule has 4 unspecified atom stereocenters. The molecule has 0 spiro atoms. The average molecular weight is 316 g/mol. The Morgan fingerprint density at radius 1 is 1.30 bits per heavy atom. The summed E-state index contributed by atoms with van der Waals surface area (Å²) in [4.78, 5) is 0. The van der Waals surface area contributed by atoms with Crippen LogP contribution >= 0.6 is 0 Å². The van der Waals surface area contributed by atoms with E-state index in [-0.39, 0.29) is 17.4 Å². The first kappa shape index (κ1) is 17.0. The molecule has 0 aliphatic heterocycles. The zero-order chi connectivity index (χ0) is 16.7. The normalized spacial score (nSPS) is 44.1. The number of hydrogen-bond donors (Lipinski definition) is 2. The summed E-state index contributed by atoms with van der Waals surface area (Å²) in [6.45, 7) is 8.45. The Bertz CT molecular complexity index is 532. The van der Waals surface area contributed by atoms with E-state index in [1.807, 2.05) is 6.08 Å². The van der Waals surface area contributed by atoms with Gasteiger partial charge in [0.15, 0.2) is 0 Å². The average Bonchev–Trinajstić information content (AvgIpc) is 2.70. The first-order valence-electron chi connectivity index (χ1n) is 9.26. The van der Waals surface area contributed by atoms with Gasteiger partial charge in [-0.1, -0.05) is 36.3 Å². The zero-order valence-electron chi connectivity index (χ0n) is 14.7. The lowest BCUT2D eigenvalue weighted by Crippen LogP contribution is -2.44. The van der Waals surface area contributed by atoms with Crippen LogP contribution < -0.4 is 0 Å². The Hall–Kier alpha value is -0.860. The van der Waals surface area contributed by atoms with E-state index in [2.05, 4.69) is 32.6 Å². The lowest BCUT2D eigenvalue weighted by Gasteiger charge is -2.44. The molecule has 2 heteroatoms. The summed E-state index contributed by atoms with van der Waals surface area (Å²) in [5, 5.41) is 21.5. The first-order chi connectivity index (χ1) is 10.9.